The number of hydrogen-bond donors (Lipinski definition) is 1. The fourth-order valence-electron chi connectivity index (χ4n) is 0.462. The van der Waals surface area contributed by atoms with Crippen molar-refractivity contribution in [2.45, 2.75) is 40.0 Å². The maximum atomic E-state index is 10.7. The Bertz CT molecular complexity index is 128. The molecule has 1 N–H and O–H groups in total. The summed E-state index contributed by atoms with van der Waals surface area (Å²) in [7, 11) is 2.61. The summed E-state index contributed by atoms with van der Waals surface area (Å²) in [6.07, 6.45) is 2.63. The van der Waals surface area contributed by atoms with Crippen LogP contribution in [0.25, 0.3) is 0 Å². The zero-order valence-corrected chi connectivity index (χ0v) is 8.55. The van der Waals surface area contributed by atoms with Gasteiger partial charge in [-0.25, -0.2) is 0 Å². The van der Waals surface area contributed by atoms with Crippen molar-refractivity contribution >= 4 is 13.1 Å². The fraction of sp³-hybridized carbons (Fsp3) is 0.875. The summed E-state index contributed by atoms with van der Waals surface area (Å²) in [5.41, 5.74) is 0. The minimum absolute atomic E-state index is 0.00694. The van der Waals surface area contributed by atoms with E-state index in [2.05, 4.69) is 13.8 Å². The number of rotatable bonds is 3. The molecule has 3 nitrogen and oxygen atoms in total. The SMILES string of the molecule is CCC.CCCC(=O)N(C)B=N. The van der Waals surface area contributed by atoms with Gasteiger partial charge in [0.15, 0.2) is 0 Å². The molecule has 0 aromatic carbocycles. The predicted octanol–water partition coefficient (Wildman–Crippen LogP) is 2.04. The van der Waals surface area contributed by atoms with E-state index in [1.807, 2.05) is 6.92 Å². The molecular weight excluding hydrogens is 151 g/mol. The molecule has 0 aliphatic rings. The van der Waals surface area contributed by atoms with Gasteiger partial charge in [0.05, 0.1) is 0 Å². The average molecular weight is 170 g/mol. The zero-order chi connectivity index (χ0) is 9.98. The summed E-state index contributed by atoms with van der Waals surface area (Å²) in [5, 5.41) is 6.70. The van der Waals surface area contributed by atoms with Gasteiger partial charge in [0.25, 0.3) is 0 Å². The Kier molecular flexibility index (Phi) is 12.0. The molecule has 1 amide bonds. The average Bonchev–Trinajstić information content (AvgIpc) is 2.05. The second-order valence-corrected chi connectivity index (χ2v) is 2.59. The van der Waals surface area contributed by atoms with Crippen LogP contribution in [0.4, 0.5) is 0 Å². The van der Waals surface area contributed by atoms with Crippen molar-refractivity contribution in [1.29, 1.82) is 5.31 Å². The molecule has 0 atom stereocenters. The number of nitrogens with one attached hydrogen (secondary N) is 1. The monoisotopic (exact) mass is 170 g/mol. The van der Waals surface area contributed by atoms with E-state index in [-0.39, 0.29) is 5.91 Å². The molecule has 4 heteroatoms. The molecule has 0 fully saturated rings. The Morgan fingerprint density at radius 2 is 1.83 bits per heavy atom. The Hall–Kier alpha value is -0.665. The van der Waals surface area contributed by atoms with Gasteiger partial charge in [0.2, 0.25) is 0 Å². The summed E-state index contributed by atoms with van der Waals surface area (Å²) in [4.78, 5) is 12.0. The van der Waals surface area contributed by atoms with Crippen LogP contribution in [-0.4, -0.2) is 25.0 Å². The molecule has 0 spiro atoms. The van der Waals surface area contributed by atoms with E-state index in [9.17, 15) is 4.79 Å². The van der Waals surface area contributed by atoms with Crippen molar-refractivity contribution in [3.05, 3.63) is 0 Å². The summed E-state index contributed by atoms with van der Waals surface area (Å²) < 4.78 is 0. The Balaban J connectivity index is 0. The van der Waals surface area contributed by atoms with Crippen LogP contribution >= 0.6 is 0 Å². The van der Waals surface area contributed by atoms with E-state index in [1.165, 1.54) is 11.2 Å². The third-order valence-corrected chi connectivity index (χ3v) is 1.05. The van der Waals surface area contributed by atoms with Gasteiger partial charge < -0.3 is 0 Å². The van der Waals surface area contributed by atoms with E-state index < -0.39 is 0 Å². The van der Waals surface area contributed by atoms with Gasteiger partial charge in [-0.2, -0.15) is 0 Å². The van der Waals surface area contributed by atoms with Gasteiger partial charge in [0, 0.05) is 0 Å². The Morgan fingerprint density at radius 1 is 1.42 bits per heavy atom. The Labute approximate surface area is 75.9 Å². The molecule has 70 valence electrons. The van der Waals surface area contributed by atoms with E-state index in [1.54, 1.807) is 7.05 Å². The van der Waals surface area contributed by atoms with Crippen molar-refractivity contribution in [3.8, 4) is 0 Å². The molecule has 0 aromatic rings. The molecule has 0 radical (unpaired) electrons. The first-order valence-electron chi connectivity index (χ1n) is 4.40. The molecule has 0 heterocycles. The first-order chi connectivity index (χ1) is 5.63. The molecular formula is C8H19BN2O. The van der Waals surface area contributed by atoms with Gasteiger partial charge in [-0.05, 0) is 0 Å². The van der Waals surface area contributed by atoms with Gasteiger partial charge in [-0.1, -0.05) is 20.3 Å². The van der Waals surface area contributed by atoms with E-state index >= 15 is 0 Å². The molecule has 0 bridgehead atoms. The third kappa shape index (κ3) is 9.33. The number of nitrogens with zero attached hydrogens (tertiary/aromatic N) is 1. The van der Waals surface area contributed by atoms with Gasteiger partial charge >= 0.3 is 54.8 Å². The van der Waals surface area contributed by atoms with Crippen molar-refractivity contribution < 1.29 is 4.79 Å². The van der Waals surface area contributed by atoms with Crippen molar-refractivity contribution in [1.82, 2.24) is 4.81 Å². The van der Waals surface area contributed by atoms with Crippen LogP contribution in [0.2, 0.25) is 0 Å². The first-order valence-corrected chi connectivity index (χ1v) is 4.40. The van der Waals surface area contributed by atoms with Gasteiger partial charge in [-0.3, -0.25) is 0 Å². The predicted molar refractivity (Wildman–Crippen MR) is 52.1 cm³/mol. The third-order valence-electron chi connectivity index (χ3n) is 1.05. The quantitative estimate of drug-likeness (QED) is 0.647. The molecule has 12 heavy (non-hydrogen) atoms. The van der Waals surface area contributed by atoms with E-state index in [0.29, 0.717) is 6.42 Å². The van der Waals surface area contributed by atoms with Crippen LogP contribution in [0.1, 0.15) is 40.0 Å². The van der Waals surface area contributed by atoms with Crippen molar-refractivity contribution in [2.24, 2.45) is 0 Å². The van der Waals surface area contributed by atoms with Gasteiger partial charge in [-0.15, -0.1) is 0 Å². The molecule has 0 saturated carbocycles. The second kappa shape index (κ2) is 10.3. The molecule has 0 aromatic heterocycles. The minimum atomic E-state index is 0.00694. The van der Waals surface area contributed by atoms with Crippen molar-refractivity contribution in [3.63, 3.8) is 0 Å². The second-order valence-electron chi connectivity index (χ2n) is 2.59. The van der Waals surface area contributed by atoms with Crippen LogP contribution < -0.4 is 0 Å². The van der Waals surface area contributed by atoms with Gasteiger partial charge in [0.1, 0.15) is 0 Å². The molecule has 0 aliphatic heterocycles. The van der Waals surface area contributed by atoms with Crippen LogP contribution in [0.15, 0.2) is 0 Å². The summed E-state index contributed by atoms with van der Waals surface area (Å²) in [5.74, 6) is 0.00694. The molecule has 0 unspecified atom stereocenters. The number of amides is 1. The standard InChI is InChI=1S/C5H11BN2O.C3H8/c1-3-4-5(9)8(2)6-7;1-3-2/h7H,3-4H2,1-2H3;3H2,1-2H3. The molecule has 0 aliphatic carbocycles. The maximum absolute atomic E-state index is 10.7. The van der Waals surface area contributed by atoms with E-state index in [0.717, 1.165) is 13.6 Å². The Morgan fingerprint density at radius 3 is 2.08 bits per heavy atom. The zero-order valence-electron chi connectivity index (χ0n) is 8.55. The fourth-order valence-corrected chi connectivity index (χ4v) is 0.462. The molecule has 0 saturated heterocycles. The number of carbonyl (C=O) groups is 1. The van der Waals surface area contributed by atoms with Crippen LogP contribution in [0.5, 0.6) is 0 Å². The normalized spacial score (nSPS) is 7.67. The van der Waals surface area contributed by atoms with Crippen LogP contribution in [0, 0.1) is 5.31 Å². The van der Waals surface area contributed by atoms with Crippen LogP contribution in [0.3, 0.4) is 0 Å². The number of hydrogen-bond acceptors (Lipinski definition) is 2. The number of carbonyl (C=O) groups excluding carboxylic acids is 1. The molecule has 0 rings (SSSR count). The van der Waals surface area contributed by atoms with Crippen molar-refractivity contribution in [2.75, 3.05) is 7.05 Å². The van der Waals surface area contributed by atoms with E-state index in [4.69, 9.17) is 5.31 Å². The van der Waals surface area contributed by atoms with Crippen LogP contribution in [-0.2, 0) is 4.79 Å². The summed E-state index contributed by atoms with van der Waals surface area (Å²) >= 11 is 0. The first kappa shape index (κ1) is 13.9. The topological polar surface area (TPSA) is 44.2 Å². The summed E-state index contributed by atoms with van der Waals surface area (Å²) in [6.45, 7) is 6.19. The summed E-state index contributed by atoms with van der Waals surface area (Å²) in [6, 6.07) is 0.